The van der Waals surface area contributed by atoms with Gasteiger partial charge in [0, 0.05) is 0 Å². The summed E-state index contributed by atoms with van der Waals surface area (Å²) < 4.78 is 0. The molecular formula is C38H48FeP2. The molecule has 0 heterocycles. The summed E-state index contributed by atoms with van der Waals surface area (Å²) in [5.41, 5.74) is 7.07. The van der Waals surface area contributed by atoms with Crippen LogP contribution in [0, 0.1) is 13.8 Å². The molecule has 2 aliphatic carbocycles. The molecule has 0 spiro atoms. The minimum Gasteiger partial charge on any atom is -0.214 e. The molecule has 0 amide bonds. The van der Waals surface area contributed by atoms with Gasteiger partial charge < -0.3 is 0 Å². The van der Waals surface area contributed by atoms with Crippen LogP contribution in [0.15, 0.2) is 97.1 Å². The van der Waals surface area contributed by atoms with Crippen molar-refractivity contribution in [3.8, 4) is 0 Å². The molecule has 6 rings (SSSR count). The van der Waals surface area contributed by atoms with Gasteiger partial charge in [0.15, 0.2) is 0 Å². The second-order valence-electron chi connectivity index (χ2n) is 12.0. The first-order valence-corrected chi connectivity index (χ1v) is 18.6. The average Bonchev–Trinajstić information content (AvgIpc) is 3.73. The van der Waals surface area contributed by atoms with Crippen LogP contribution in [0.5, 0.6) is 0 Å². The third-order valence-electron chi connectivity index (χ3n) is 9.10. The molecule has 0 saturated heterocycles. The Morgan fingerprint density at radius 1 is 0.634 bits per heavy atom. The van der Waals surface area contributed by atoms with Gasteiger partial charge in [-0.1, -0.05) is 111 Å². The summed E-state index contributed by atoms with van der Waals surface area (Å²) in [4.78, 5) is 0. The van der Waals surface area contributed by atoms with E-state index in [9.17, 15) is 0 Å². The van der Waals surface area contributed by atoms with E-state index in [1.165, 1.54) is 85.9 Å². The Bertz CT molecular complexity index is 1160. The van der Waals surface area contributed by atoms with Crippen LogP contribution >= 0.6 is 15.8 Å². The molecule has 0 nitrogen and oxygen atoms in total. The number of hydrogen-bond acceptors (Lipinski definition) is 0. The summed E-state index contributed by atoms with van der Waals surface area (Å²) in [6.07, 6.45) is 14.8. The minimum atomic E-state index is -0.536. The molecule has 0 radical (unpaired) electrons. The van der Waals surface area contributed by atoms with E-state index in [4.69, 9.17) is 0 Å². The van der Waals surface area contributed by atoms with E-state index in [1.807, 2.05) is 30.3 Å². The van der Waals surface area contributed by atoms with Crippen LogP contribution in [0.25, 0.3) is 0 Å². The van der Waals surface area contributed by atoms with Crippen molar-refractivity contribution in [2.24, 2.45) is 0 Å². The zero-order valence-electron chi connectivity index (χ0n) is 25.3. The molecule has 3 heteroatoms. The molecule has 0 aromatic heterocycles. The Labute approximate surface area is 263 Å². The first kappa shape index (κ1) is 32.4. The number of aryl methyl sites for hydroxylation is 2. The van der Waals surface area contributed by atoms with Crippen molar-refractivity contribution in [1.82, 2.24) is 0 Å². The quantitative estimate of drug-likeness (QED) is 0.109. The van der Waals surface area contributed by atoms with Crippen molar-refractivity contribution in [3.05, 3.63) is 114 Å². The SMILES string of the molecule is Cc1ccc(P(c2ccc(C)cc2)c2[cH-]ccc2C(C)P(C2CCCCC2)C2CCCCC2)cc1.[Fe+2].c1cc[cH-]c1. The van der Waals surface area contributed by atoms with E-state index in [0.717, 1.165) is 11.3 Å². The van der Waals surface area contributed by atoms with E-state index in [0.29, 0.717) is 5.66 Å². The Hall–Kier alpha value is -1.48. The van der Waals surface area contributed by atoms with Crippen LogP contribution in [-0.4, -0.2) is 11.3 Å². The van der Waals surface area contributed by atoms with E-state index < -0.39 is 7.92 Å². The van der Waals surface area contributed by atoms with Gasteiger partial charge >= 0.3 is 17.1 Å². The van der Waals surface area contributed by atoms with Gasteiger partial charge in [-0.3, -0.25) is 0 Å². The number of benzene rings is 2. The molecule has 2 fully saturated rings. The standard InChI is InChI=1S/C33H43P2.C5H5.Fe/c1-25-17-21-30(22-18-25)35(31-23-19-26(2)20-24-31)33-16-10-15-32(33)27(3)34(28-11-6-4-7-12-28)29-13-8-5-9-14-29;1-2-4-5-3-1;/h10,15-24,27-29H,4-9,11-14H2,1-3H3;1-5H;/q2*-1;+2. The molecule has 0 bridgehead atoms. The van der Waals surface area contributed by atoms with Crippen molar-refractivity contribution >= 4 is 31.8 Å². The Kier molecular flexibility index (Phi) is 13.0. The predicted octanol–water partition coefficient (Wildman–Crippen LogP) is 10.4. The maximum Gasteiger partial charge on any atom is 2.00 e. The van der Waals surface area contributed by atoms with E-state index in [2.05, 4.69) is 87.5 Å². The van der Waals surface area contributed by atoms with Crippen molar-refractivity contribution in [2.45, 2.75) is 102 Å². The molecule has 4 aromatic rings. The Balaban J connectivity index is 0.000000584. The van der Waals surface area contributed by atoms with Gasteiger partial charge in [-0.05, 0) is 69.4 Å². The van der Waals surface area contributed by atoms with E-state index in [1.54, 1.807) is 10.9 Å². The fourth-order valence-electron chi connectivity index (χ4n) is 6.97. The normalized spacial score (nSPS) is 17.1. The van der Waals surface area contributed by atoms with Gasteiger partial charge in [-0.2, -0.15) is 35.9 Å². The fourth-order valence-corrected chi connectivity index (χ4v) is 13.9. The van der Waals surface area contributed by atoms with Crippen molar-refractivity contribution in [1.29, 1.82) is 0 Å². The molecule has 0 aliphatic heterocycles. The van der Waals surface area contributed by atoms with Gasteiger partial charge in [0.25, 0.3) is 0 Å². The second kappa shape index (κ2) is 16.4. The molecule has 2 aliphatic rings. The molecule has 41 heavy (non-hydrogen) atoms. The van der Waals surface area contributed by atoms with E-state index >= 15 is 0 Å². The molecule has 1 atom stereocenters. The van der Waals surface area contributed by atoms with Gasteiger partial charge in [0.05, 0.1) is 0 Å². The summed E-state index contributed by atoms with van der Waals surface area (Å²) in [6, 6.07) is 36.2. The fraction of sp³-hybridized carbons (Fsp3) is 0.421. The Morgan fingerprint density at radius 3 is 1.51 bits per heavy atom. The van der Waals surface area contributed by atoms with Gasteiger partial charge in [-0.25, -0.2) is 18.2 Å². The molecule has 0 N–H and O–H groups in total. The molecule has 218 valence electrons. The van der Waals surface area contributed by atoms with Gasteiger partial charge in [0.2, 0.25) is 0 Å². The topological polar surface area (TPSA) is 0 Å². The second-order valence-corrected chi connectivity index (χ2v) is 17.4. The number of hydrogen-bond donors (Lipinski definition) is 0. The summed E-state index contributed by atoms with van der Waals surface area (Å²) in [5, 5.41) is 4.61. The smallest absolute Gasteiger partial charge is 0.214 e. The number of rotatable bonds is 7. The van der Waals surface area contributed by atoms with Crippen LogP contribution in [0.3, 0.4) is 0 Å². The van der Waals surface area contributed by atoms with Crippen LogP contribution in [-0.2, 0) is 17.1 Å². The van der Waals surface area contributed by atoms with E-state index in [-0.39, 0.29) is 25.0 Å². The van der Waals surface area contributed by atoms with Crippen LogP contribution in [0.4, 0.5) is 0 Å². The third kappa shape index (κ3) is 8.55. The zero-order valence-corrected chi connectivity index (χ0v) is 28.2. The first-order valence-electron chi connectivity index (χ1n) is 15.7. The molecule has 1 unspecified atom stereocenters. The van der Waals surface area contributed by atoms with Gasteiger partial charge in [0.1, 0.15) is 0 Å². The maximum absolute atomic E-state index is 2.63. The third-order valence-corrected chi connectivity index (χ3v) is 15.5. The van der Waals surface area contributed by atoms with Crippen LogP contribution in [0.1, 0.15) is 93.5 Å². The van der Waals surface area contributed by atoms with Crippen molar-refractivity contribution in [2.75, 3.05) is 0 Å². The van der Waals surface area contributed by atoms with Crippen LogP contribution < -0.4 is 15.9 Å². The average molecular weight is 623 g/mol. The van der Waals surface area contributed by atoms with Crippen molar-refractivity contribution < 1.29 is 17.1 Å². The maximum atomic E-state index is 2.63. The molecular weight excluding hydrogens is 574 g/mol. The monoisotopic (exact) mass is 622 g/mol. The summed E-state index contributed by atoms with van der Waals surface area (Å²) in [5.74, 6) is 0. The van der Waals surface area contributed by atoms with Crippen molar-refractivity contribution in [3.63, 3.8) is 0 Å². The predicted molar refractivity (Wildman–Crippen MR) is 181 cm³/mol. The molecule has 2 saturated carbocycles. The largest absolute Gasteiger partial charge is 2.00 e. The zero-order chi connectivity index (χ0) is 27.7. The minimum absolute atomic E-state index is 0. The van der Waals surface area contributed by atoms with Crippen LogP contribution in [0.2, 0.25) is 0 Å². The summed E-state index contributed by atoms with van der Waals surface area (Å²) in [6.45, 7) is 7.04. The Morgan fingerprint density at radius 2 is 1.10 bits per heavy atom. The summed E-state index contributed by atoms with van der Waals surface area (Å²) in [7, 11) is -0.524. The molecule has 4 aromatic carbocycles. The summed E-state index contributed by atoms with van der Waals surface area (Å²) >= 11 is 0. The van der Waals surface area contributed by atoms with Gasteiger partial charge in [-0.15, -0.1) is 13.2 Å². The first-order chi connectivity index (χ1) is 19.6.